The molecule has 1 saturated heterocycles. The van der Waals surface area contributed by atoms with Crippen LogP contribution in [0.2, 0.25) is 0 Å². The lowest BCUT2D eigenvalue weighted by Gasteiger charge is -2.47. The quantitative estimate of drug-likeness (QED) is 0.0349. The van der Waals surface area contributed by atoms with Crippen LogP contribution in [-0.4, -0.2) is 98.8 Å². The summed E-state index contributed by atoms with van der Waals surface area (Å²) in [6.45, 7) is 4.21. The van der Waals surface area contributed by atoms with Gasteiger partial charge < -0.3 is 40.7 Å². The van der Waals surface area contributed by atoms with Crippen LogP contribution in [0.15, 0.2) is 30.3 Å². The maximum absolute atomic E-state index is 14.2. The Balaban J connectivity index is 2.11. The van der Waals surface area contributed by atoms with Crippen molar-refractivity contribution >= 4 is 23.7 Å². The lowest BCUT2D eigenvalue weighted by atomic mass is 9.94. The number of nitrogens with zero attached hydrogens (tertiary/aromatic N) is 1. The highest BCUT2D eigenvalue weighted by Gasteiger charge is 2.48. The van der Waals surface area contributed by atoms with Crippen molar-refractivity contribution in [3.05, 3.63) is 35.9 Å². The molecule has 0 radical (unpaired) electrons. The Hall–Kier alpha value is -3.06. The van der Waals surface area contributed by atoms with Crippen molar-refractivity contribution in [2.24, 2.45) is 0 Å². The van der Waals surface area contributed by atoms with Gasteiger partial charge in [0.2, 0.25) is 17.7 Å². The van der Waals surface area contributed by atoms with E-state index >= 15 is 0 Å². The molecule has 6 atom stereocenters. The number of nitrogens with one attached hydrogen (secondary N) is 2. The van der Waals surface area contributed by atoms with Gasteiger partial charge in [-0.3, -0.25) is 19.2 Å². The summed E-state index contributed by atoms with van der Waals surface area (Å²) in [6, 6.07) is 6.73. The van der Waals surface area contributed by atoms with Gasteiger partial charge in [0.05, 0.1) is 6.61 Å². The van der Waals surface area contributed by atoms with Gasteiger partial charge in [-0.05, 0) is 24.8 Å². The predicted molar refractivity (Wildman–Crippen MR) is 256 cm³/mol. The molecule has 0 saturated carbocycles. The molecule has 368 valence electrons. The van der Waals surface area contributed by atoms with Gasteiger partial charge in [-0.1, -0.05) is 205 Å². The number of benzene rings is 1. The fraction of sp³-hybridized carbons (Fsp3) is 0.808. The van der Waals surface area contributed by atoms with Crippen LogP contribution in [0.1, 0.15) is 218 Å². The second-order valence-corrected chi connectivity index (χ2v) is 18.5. The molecule has 0 bridgehead atoms. The van der Waals surface area contributed by atoms with Gasteiger partial charge in [0.1, 0.15) is 30.4 Å². The fourth-order valence-corrected chi connectivity index (χ4v) is 8.82. The highest BCUT2D eigenvalue weighted by Crippen LogP contribution is 2.26. The molecule has 0 spiro atoms. The van der Waals surface area contributed by atoms with Crippen LogP contribution in [0.3, 0.4) is 0 Å². The van der Waals surface area contributed by atoms with Gasteiger partial charge >= 0.3 is 5.97 Å². The average molecular weight is 902 g/mol. The first kappa shape index (κ1) is 57.1. The first-order valence-corrected chi connectivity index (χ1v) is 25.9. The van der Waals surface area contributed by atoms with Crippen LogP contribution < -0.4 is 10.6 Å². The topological polar surface area (TPSA) is 186 Å². The number of amides is 3. The molecule has 1 aromatic rings. The Morgan fingerprint density at radius 3 is 1.55 bits per heavy atom. The molecule has 0 aromatic heterocycles. The molecule has 12 nitrogen and oxygen atoms in total. The SMILES string of the molecule is CCCCCCCCCCCCCCCCCC(=O)N(CCCCCCCCCCCCCC)[C@@H]1O[C@H](CO)[C@@H](O)[C@H](O)[C@H]1NC(=O)[C@H](Cc1ccccc1)NC(=O)CCCC(=O)O. The van der Waals surface area contributed by atoms with E-state index in [9.17, 15) is 34.5 Å². The molecular formula is C52H91N3O9. The number of aliphatic hydroxyl groups excluding tert-OH is 3. The molecule has 64 heavy (non-hydrogen) atoms. The maximum atomic E-state index is 14.2. The molecule has 1 fully saturated rings. The van der Waals surface area contributed by atoms with Crippen LogP contribution in [0.4, 0.5) is 0 Å². The number of carbonyl (C=O) groups excluding carboxylic acids is 3. The monoisotopic (exact) mass is 902 g/mol. The Labute approximate surface area is 387 Å². The summed E-state index contributed by atoms with van der Waals surface area (Å²) in [7, 11) is 0. The maximum Gasteiger partial charge on any atom is 0.303 e. The number of carboxylic acid groups (broad SMARTS) is 1. The van der Waals surface area contributed by atoms with Crippen molar-refractivity contribution in [3.63, 3.8) is 0 Å². The number of aliphatic hydroxyl groups is 3. The molecule has 1 aliphatic heterocycles. The number of rotatable bonds is 40. The van der Waals surface area contributed by atoms with Crippen LogP contribution in [-0.2, 0) is 30.3 Å². The van der Waals surface area contributed by atoms with Crippen molar-refractivity contribution in [3.8, 4) is 0 Å². The molecule has 0 unspecified atom stereocenters. The smallest absolute Gasteiger partial charge is 0.303 e. The summed E-state index contributed by atoms with van der Waals surface area (Å²) in [5.41, 5.74) is 0.762. The van der Waals surface area contributed by atoms with Crippen molar-refractivity contribution in [1.82, 2.24) is 15.5 Å². The minimum Gasteiger partial charge on any atom is -0.481 e. The number of hydrogen-bond donors (Lipinski definition) is 6. The van der Waals surface area contributed by atoms with Crippen LogP contribution in [0.25, 0.3) is 0 Å². The van der Waals surface area contributed by atoms with E-state index in [1.54, 1.807) is 4.90 Å². The van der Waals surface area contributed by atoms with Crippen LogP contribution >= 0.6 is 0 Å². The lowest BCUT2D eigenvalue weighted by Crippen LogP contribution is -2.70. The van der Waals surface area contributed by atoms with Crippen molar-refractivity contribution in [1.29, 1.82) is 0 Å². The molecule has 2 rings (SSSR count). The Morgan fingerprint density at radius 1 is 0.609 bits per heavy atom. The van der Waals surface area contributed by atoms with Gasteiger partial charge in [0.15, 0.2) is 6.23 Å². The second kappa shape index (κ2) is 37.1. The summed E-state index contributed by atoms with van der Waals surface area (Å²) in [5.74, 6) is -2.34. The summed E-state index contributed by atoms with van der Waals surface area (Å²) in [6.07, 6.45) is 26.7. The van der Waals surface area contributed by atoms with E-state index in [2.05, 4.69) is 24.5 Å². The third-order valence-corrected chi connectivity index (χ3v) is 12.8. The van der Waals surface area contributed by atoms with Gasteiger partial charge in [-0.25, -0.2) is 0 Å². The predicted octanol–water partition coefficient (Wildman–Crippen LogP) is 9.68. The second-order valence-electron chi connectivity index (χ2n) is 18.5. The van der Waals surface area contributed by atoms with Gasteiger partial charge in [0.25, 0.3) is 0 Å². The molecule has 1 aliphatic rings. The van der Waals surface area contributed by atoms with E-state index in [4.69, 9.17) is 9.84 Å². The molecule has 3 amide bonds. The van der Waals surface area contributed by atoms with E-state index in [1.165, 1.54) is 122 Å². The molecule has 6 N–H and O–H groups in total. The van der Waals surface area contributed by atoms with Gasteiger partial charge in [0, 0.05) is 32.2 Å². The summed E-state index contributed by atoms with van der Waals surface area (Å²) >= 11 is 0. The van der Waals surface area contributed by atoms with Crippen molar-refractivity contribution in [2.45, 2.75) is 256 Å². The normalized spacial score (nSPS) is 19.0. The molecular weight excluding hydrogens is 811 g/mol. The zero-order valence-electron chi connectivity index (χ0n) is 40.2. The van der Waals surface area contributed by atoms with E-state index in [0.717, 1.165) is 44.1 Å². The molecule has 0 aliphatic carbocycles. The summed E-state index contributed by atoms with van der Waals surface area (Å²) < 4.78 is 6.24. The third-order valence-electron chi connectivity index (χ3n) is 12.8. The largest absolute Gasteiger partial charge is 0.481 e. The fourth-order valence-electron chi connectivity index (χ4n) is 8.82. The number of ether oxygens (including phenoxy) is 1. The number of carbonyl (C=O) groups is 4. The molecule has 1 heterocycles. The zero-order chi connectivity index (χ0) is 46.6. The first-order valence-electron chi connectivity index (χ1n) is 25.9. The average Bonchev–Trinajstić information content (AvgIpc) is 3.28. The third kappa shape index (κ3) is 25.6. The van der Waals surface area contributed by atoms with Crippen LogP contribution in [0.5, 0.6) is 0 Å². The highest BCUT2D eigenvalue weighted by atomic mass is 16.5. The number of aliphatic carboxylic acids is 1. The van der Waals surface area contributed by atoms with Crippen molar-refractivity contribution < 1.29 is 44.3 Å². The number of carboxylic acids is 1. The Kier molecular flexibility index (Phi) is 33.1. The van der Waals surface area contributed by atoms with Gasteiger partial charge in [-0.15, -0.1) is 0 Å². The van der Waals surface area contributed by atoms with E-state index in [0.29, 0.717) is 19.4 Å². The van der Waals surface area contributed by atoms with Gasteiger partial charge in [-0.2, -0.15) is 0 Å². The van der Waals surface area contributed by atoms with E-state index in [1.807, 2.05) is 30.3 Å². The first-order chi connectivity index (χ1) is 31.1. The molecule has 1 aromatic carbocycles. The number of unbranched alkanes of at least 4 members (excludes halogenated alkanes) is 25. The Morgan fingerprint density at radius 2 is 1.08 bits per heavy atom. The minimum absolute atomic E-state index is 0.0970. The summed E-state index contributed by atoms with van der Waals surface area (Å²) in [5, 5.41) is 47.5. The zero-order valence-corrected chi connectivity index (χ0v) is 40.2. The van der Waals surface area contributed by atoms with Crippen LogP contribution in [0, 0.1) is 0 Å². The molecule has 12 heteroatoms. The number of hydrogen-bond acceptors (Lipinski definition) is 8. The minimum atomic E-state index is -1.59. The standard InChI is InChI=1S/C52H91N3O9/c1-3-5-7-9-11-13-15-17-18-19-20-22-24-26-31-37-46(58)55(39-32-27-25-23-21-16-14-12-10-8-6-4-2)52-48(50(62)49(61)44(41-56)64-52)54-51(63)43(40-42-34-29-28-30-35-42)53-45(57)36-33-38-47(59)60/h28-30,34-35,43-44,48-50,52,56,61-62H,3-27,31-33,36-41H2,1-2H3,(H,53,57)(H,54,63)(H,59,60)/t43-,44+,48+,49+,50+,52+/m0/s1. The van der Waals surface area contributed by atoms with E-state index in [-0.39, 0.29) is 38.0 Å². The highest BCUT2D eigenvalue weighted by molar-refractivity contribution is 5.88. The van der Waals surface area contributed by atoms with E-state index < -0.39 is 61.0 Å². The summed E-state index contributed by atoms with van der Waals surface area (Å²) in [4.78, 5) is 54.0. The lowest BCUT2D eigenvalue weighted by molar-refractivity contribution is -0.231. The van der Waals surface area contributed by atoms with Crippen molar-refractivity contribution in [2.75, 3.05) is 13.2 Å². The Bertz CT molecular complexity index is 1350.